The van der Waals surface area contributed by atoms with E-state index in [4.69, 9.17) is 0 Å². The molecule has 1 heterocycles. The van der Waals surface area contributed by atoms with Gasteiger partial charge in [-0.2, -0.15) is 0 Å². The Labute approximate surface area is 125 Å². The topological polar surface area (TPSA) is 57.6 Å². The van der Waals surface area contributed by atoms with E-state index in [1.165, 1.54) is 6.07 Å². The van der Waals surface area contributed by atoms with Gasteiger partial charge < -0.3 is 5.11 Å². The standard InChI is InChI=1S/C15H22FNO3S/c1-11(15(18)13-5-3-4-6-14(13)16)9-17-7-8-21(19,20)10-12(17)2/h3-6,11-12,15,18H,7-10H2,1-2H3. The van der Waals surface area contributed by atoms with Crippen LogP contribution in [0.2, 0.25) is 0 Å². The first-order valence-corrected chi connectivity index (χ1v) is 8.99. The zero-order valence-corrected chi connectivity index (χ0v) is 13.2. The van der Waals surface area contributed by atoms with Crippen LogP contribution in [0.3, 0.4) is 0 Å². The van der Waals surface area contributed by atoms with E-state index in [0.29, 0.717) is 18.7 Å². The van der Waals surface area contributed by atoms with Gasteiger partial charge in [-0.3, -0.25) is 4.90 Å². The van der Waals surface area contributed by atoms with Crippen LogP contribution in [0, 0.1) is 11.7 Å². The van der Waals surface area contributed by atoms with E-state index in [0.717, 1.165) is 0 Å². The molecule has 0 bridgehead atoms. The summed E-state index contributed by atoms with van der Waals surface area (Å²) in [6, 6.07) is 6.14. The fraction of sp³-hybridized carbons (Fsp3) is 0.600. The molecule has 0 spiro atoms. The molecule has 2 rings (SSSR count). The second-order valence-corrected chi connectivity index (χ2v) is 8.13. The minimum absolute atomic E-state index is 0.0704. The summed E-state index contributed by atoms with van der Waals surface area (Å²) in [4.78, 5) is 2.05. The van der Waals surface area contributed by atoms with Crippen molar-refractivity contribution in [2.24, 2.45) is 5.92 Å². The Morgan fingerprint density at radius 3 is 2.71 bits per heavy atom. The summed E-state index contributed by atoms with van der Waals surface area (Å²) in [6.07, 6.45) is -0.892. The van der Waals surface area contributed by atoms with Crippen molar-refractivity contribution in [3.63, 3.8) is 0 Å². The molecule has 1 saturated heterocycles. The van der Waals surface area contributed by atoms with E-state index in [-0.39, 0.29) is 23.5 Å². The highest BCUT2D eigenvalue weighted by Crippen LogP contribution is 2.26. The van der Waals surface area contributed by atoms with Gasteiger partial charge in [-0.25, -0.2) is 12.8 Å². The number of aliphatic hydroxyl groups excluding tert-OH is 1. The molecule has 21 heavy (non-hydrogen) atoms. The summed E-state index contributed by atoms with van der Waals surface area (Å²) in [5, 5.41) is 10.3. The molecule has 1 aliphatic heterocycles. The van der Waals surface area contributed by atoms with Crippen molar-refractivity contribution in [1.29, 1.82) is 0 Å². The number of hydrogen-bond donors (Lipinski definition) is 1. The van der Waals surface area contributed by atoms with Gasteiger partial charge in [0, 0.05) is 24.7 Å². The van der Waals surface area contributed by atoms with Crippen molar-refractivity contribution in [2.45, 2.75) is 26.0 Å². The number of benzene rings is 1. The second-order valence-electron chi connectivity index (χ2n) is 5.90. The highest BCUT2D eigenvalue weighted by atomic mass is 32.2. The zero-order chi connectivity index (χ0) is 15.6. The van der Waals surface area contributed by atoms with Crippen molar-refractivity contribution in [3.8, 4) is 0 Å². The van der Waals surface area contributed by atoms with E-state index < -0.39 is 21.8 Å². The van der Waals surface area contributed by atoms with Gasteiger partial charge in [0.05, 0.1) is 17.6 Å². The van der Waals surface area contributed by atoms with Crippen LogP contribution < -0.4 is 0 Å². The smallest absolute Gasteiger partial charge is 0.153 e. The molecule has 1 aromatic rings. The monoisotopic (exact) mass is 315 g/mol. The molecule has 0 amide bonds. The fourth-order valence-electron chi connectivity index (χ4n) is 2.80. The molecule has 6 heteroatoms. The SMILES string of the molecule is CC(CN1CCS(=O)(=O)CC1C)C(O)c1ccccc1F. The maximum atomic E-state index is 13.7. The predicted molar refractivity (Wildman–Crippen MR) is 80.2 cm³/mol. The Morgan fingerprint density at radius 1 is 1.43 bits per heavy atom. The normalized spacial score (nSPS) is 25.4. The molecule has 0 aromatic heterocycles. The van der Waals surface area contributed by atoms with Crippen LogP contribution in [0.15, 0.2) is 24.3 Å². The molecule has 1 N–H and O–H groups in total. The molecular weight excluding hydrogens is 293 g/mol. The van der Waals surface area contributed by atoms with Crippen LogP contribution >= 0.6 is 0 Å². The number of nitrogens with zero attached hydrogens (tertiary/aromatic N) is 1. The van der Waals surface area contributed by atoms with Crippen LogP contribution in [0.4, 0.5) is 4.39 Å². The van der Waals surface area contributed by atoms with Crippen LogP contribution in [-0.4, -0.2) is 49.1 Å². The molecule has 1 aliphatic rings. The molecule has 1 fully saturated rings. The minimum atomic E-state index is -2.94. The van der Waals surface area contributed by atoms with Crippen LogP contribution in [0.25, 0.3) is 0 Å². The molecule has 118 valence electrons. The summed E-state index contributed by atoms with van der Waals surface area (Å²) >= 11 is 0. The molecule has 1 aromatic carbocycles. The summed E-state index contributed by atoms with van der Waals surface area (Å²) < 4.78 is 36.8. The number of halogens is 1. The second kappa shape index (κ2) is 6.42. The highest BCUT2D eigenvalue weighted by Gasteiger charge is 2.30. The quantitative estimate of drug-likeness (QED) is 0.917. The van der Waals surface area contributed by atoms with Crippen LogP contribution in [-0.2, 0) is 9.84 Å². The number of sulfone groups is 1. The van der Waals surface area contributed by atoms with Gasteiger partial charge in [0.15, 0.2) is 9.84 Å². The van der Waals surface area contributed by atoms with Gasteiger partial charge in [-0.15, -0.1) is 0 Å². The first kappa shape index (κ1) is 16.4. The number of aliphatic hydroxyl groups is 1. The van der Waals surface area contributed by atoms with Crippen molar-refractivity contribution < 1.29 is 17.9 Å². The third kappa shape index (κ3) is 4.02. The van der Waals surface area contributed by atoms with E-state index in [1.807, 2.05) is 13.8 Å². The van der Waals surface area contributed by atoms with E-state index >= 15 is 0 Å². The Balaban J connectivity index is 2.01. The lowest BCUT2D eigenvalue weighted by molar-refractivity contribution is 0.0770. The van der Waals surface area contributed by atoms with Crippen molar-refractivity contribution >= 4 is 9.84 Å². The van der Waals surface area contributed by atoms with E-state index in [2.05, 4.69) is 4.90 Å². The largest absolute Gasteiger partial charge is 0.388 e. The van der Waals surface area contributed by atoms with Gasteiger partial charge in [0.25, 0.3) is 0 Å². The maximum Gasteiger partial charge on any atom is 0.153 e. The summed E-state index contributed by atoms with van der Waals surface area (Å²) in [5.74, 6) is -0.286. The lowest BCUT2D eigenvalue weighted by Gasteiger charge is -2.36. The predicted octanol–water partition coefficient (Wildman–Crippen LogP) is 1.61. The van der Waals surface area contributed by atoms with Gasteiger partial charge in [0.1, 0.15) is 5.82 Å². The first-order chi connectivity index (χ1) is 9.80. The first-order valence-electron chi connectivity index (χ1n) is 7.17. The van der Waals surface area contributed by atoms with Gasteiger partial charge in [-0.1, -0.05) is 25.1 Å². The van der Waals surface area contributed by atoms with Crippen LogP contribution in [0.5, 0.6) is 0 Å². The lowest BCUT2D eigenvalue weighted by atomic mass is 9.96. The van der Waals surface area contributed by atoms with E-state index in [9.17, 15) is 17.9 Å². The molecule has 3 atom stereocenters. The fourth-order valence-corrected chi connectivity index (χ4v) is 4.42. The Bertz CT molecular complexity index is 590. The maximum absolute atomic E-state index is 13.7. The average molecular weight is 315 g/mol. The highest BCUT2D eigenvalue weighted by molar-refractivity contribution is 7.91. The average Bonchev–Trinajstić information content (AvgIpc) is 2.41. The third-order valence-corrected chi connectivity index (χ3v) is 5.89. The Hall–Kier alpha value is -0.980. The van der Waals surface area contributed by atoms with Gasteiger partial charge in [0.2, 0.25) is 0 Å². The number of hydrogen-bond acceptors (Lipinski definition) is 4. The zero-order valence-electron chi connectivity index (χ0n) is 12.4. The van der Waals surface area contributed by atoms with E-state index in [1.54, 1.807) is 18.2 Å². The minimum Gasteiger partial charge on any atom is -0.388 e. The lowest BCUT2D eigenvalue weighted by Crippen LogP contribution is -2.48. The molecule has 0 aliphatic carbocycles. The van der Waals surface area contributed by atoms with Crippen molar-refractivity contribution in [1.82, 2.24) is 4.90 Å². The Kier molecular flexibility index (Phi) is 5.01. The van der Waals surface area contributed by atoms with Gasteiger partial charge >= 0.3 is 0 Å². The molecule has 0 saturated carbocycles. The number of rotatable bonds is 4. The summed E-state index contributed by atoms with van der Waals surface area (Å²) in [7, 11) is -2.94. The van der Waals surface area contributed by atoms with Gasteiger partial charge in [-0.05, 0) is 18.9 Å². The molecule has 4 nitrogen and oxygen atoms in total. The third-order valence-electron chi connectivity index (χ3n) is 4.09. The summed E-state index contributed by atoms with van der Waals surface area (Å²) in [6.45, 7) is 4.75. The van der Waals surface area contributed by atoms with Crippen molar-refractivity contribution in [2.75, 3.05) is 24.6 Å². The molecule has 0 radical (unpaired) electrons. The Morgan fingerprint density at radius 2 is 2.10 bits per heavy atom. The van der Waals surface area contributed by atoms with Crippen molar-refractivity contribution in [3.05, 3.63) is 35.6 Å². The summed E-state index contributed by atoms with van der Waals surface area (Å²) in [5.41, 5.74) is 0.294. The molecule has 3 unspecified atom stereocenters. The molecular formula is C15H22FNO3S. The van der Waals surface area contributed by atoms with Crippen LogP contribution in [0.1, 0.15) is 25.5 Å².